The minimum absolute atomic E-state index is 0.0816. The zero-order valence-electron chi connectivity index (χ0n) is 13.5. The minimum Gasteiger partial charge on any atom is -0.337 e. The first-order chi connectivity index (χ1) is 11.1. The molecule has 0 radical (unpaired) electrons. The fraction of sp³-hybridized carbons (Fsp3) is 0.444. The van der Waals surface area contributed by atoms with Gasteiger partial charge < -0.3 is 15.1 Å². The number of hydrogen-bond donors (Lipinski definition) is 1. The first kappa shape index (κ1) is 15.6. The molecular weight excluding hydrogens is 290 g/mol. The fourth-order valence-electron chi connectivity index (χ4n) is 3.29. The van der Waals surface area contributed by atoms with E-state index in [2.05, 4.69) is 11.4 Å². The number of amides is 3. The number of hydrogen-bond acceptors (Lipinski definition) is 2. The van der Waals surface area contributed by atoms with Gasteiger partial charge in [0.25, 0.3) is 0 Å². The van der Waals surface area contributed by atoms with Crippen LogP contribution in [0.25, 0.3) is 0 Å². The minimum atomic E-state index is -0.329. The summed E-state index contributed by atoms with van der Waals surface area (Å²) in [6.07, 6.45) is 4.71. The van der Waals surface area contributed by atoms with Crippen molar-refractivity contribution in [3.05, 3.63) is 42.0 Å². The predicted molar refractivity (Wildman–Crippen MR) is 90.1 cm³/mol. The number of likely N-dealkylation sites (tertiary alicyclic amines) is 1. The van der Waals surface area contributed by atoms with Crippen LogP contribution < -0.4 is 5.32 Å². The topological polar surface area (TPSA) is 52.7 Å². The highest BCUT2D eigenvalue weighted by molar-refractivity contribution is 5.94. The molecule has 1 fully saturated rings. The molecule has 2 aliphatic rings. The van der Waals surface area contributed by atoms with E-state index in [0.717, 1.165) is 31.5 Å². The Morgan fingerprint density at radius 1 is 1.17 bits per heavy atom. The second kappa shape index (κ2) is 6.86. The van der Waals surface area contributed by atoms with Gasteiger partial charge in [0.15, 0.2) is 0 Å². The number of para-hydroxylation sites is 1. The van der Waals surface area contributed by atoms with Gasteiger partial charge in [0.2, 0.25) is 5.91 Å². The Bertz CT molecular complexity index is 612. The van der Waals surface area contributed by atoms with Crippen LogP contribution in [-0.2, 0) is 4.79 Å². The monoisotopic (exact) mass is 313 g/mol. The van der Waals surface area contributed by atoms with Crippen molar-refractivity contribution >= 4 is 17.6 Å². The van der Waals surface area contributed by atoms with Crippen molar-refractivity contribution in [2.45, 2.75) is 32.2 Å². The molecule has 2 aliphatic heterocycles. The number of urea groups is 1. The molecule has 0 aliphatic carbocycles. The molecule has 2 heterocycles. The lowest BCUT2D eigenvalue weighted by molar-refractivity contribution is -0.134. The normalized spacial score (nSPS) is 21.1. The predicted octanol–water partition coefficient (Wildman–Crippen LogP) is 2.86. The summed E-state index contributed by atoms with van der Waals surface area (Å²) < 4.78 is 0. The van der Waals surface area contributed by atoms with Crippen LogP contribution in [0, 0.1) is 0 Å². The van der Waals surface area contributed by atoms with E-state index >= 15 is 0 Å². The van der Waals surface area contributed by atoms with E-state index in [1.807, 2.05) is 42.2 Å². The van der Waals surface area contributed by atoms with Crippen molar-refractivity contribution in [2.24, 2.45) is 0 Å². The maximum absolute atomic E-state index is 12.8. The second-order valence-corrected chi connectivity index (χ2v) is 6.25. The lowest BCUT2D eigenvalue weighted by Gasteiger charge is -2.32. The summed E-state index contributed by atoms with van der Waals surface area (Å²) in [7, 11) is 0. The Hall–Kier alpha value is -2.30. The highest BCUT2D eigenvalue weighted by Crippen LogP contribution is 2.22. The SMILES string of the molecule is CC1=CCCN(C(=O)C2CCCN2C(=O)Nc2ccccc2)C1. The summed E-state index contributed by atoms with van der Waals surface area (Å²) >= 11 is 0. The third kappa shape index (κ3) is 3.55. The molecule has 1 N–H and O–H groups in total. The zero-order valence-corrected chi connectivity index (χ0v) is 13.5. The Labute approximate surface area is 137 Å². The van der Waals surface area contributed by atoms with Crippen molar-refractivity contribution < 1.29 is 9.59 Å². The molecule has 1 saturated heterocycles. The quantitative estimate of drug-likeness (QED) is 0.854. The summed E-state index contributed by atoms with van der Waals surface area (Å²) in [4.78, 5) is 28.9. The Morgan fingerprint density at radius 3 is 2.70 bits per heavy atom. The van der Waals surface area contributed by atoms with Crippen LogP contribution >= 0.6 is 0 Å². The average molecular weight is 313 g/mol. The molecule has 1 atom stereocenters. The van der Waals surface area contributed by atoms with Gasteiger partial charge in [-0.15, -0.1) is 0 Å². The molecular formula is C18H23N3O2. The molecule has 23 heavy (non-hydrogen) atoms. The van der Waals surface area contributed by atoms with Gasteiger partial charge in [0, 0.05) is 25.3 Å². The molecule has 0 spiro atoms. The molecule has 0 saturated carbocycles. The highest BCUT2D eigenvalue weighted by atomic mass is 16.2. The average Bonchev–Trinajstić information content (AvgIpc) is 3.05. The third-order valence-electron chi connectivity index (χ3n) is 4.47. The second-order valence-electron chi connectivity index (χ2n) is 6.25. The first-order valence-electron chi connectivity index (χ1n) is 8.22. The van der Waals surface area contributed by atoms with E-state index in [1.54, 1.807) is 4.90 Å². The van der Waals surface area contributed by atoms with Gasteiger partial charge in [-0.2, -0.15) is 0 Å². The van der Waals surface area contributed by atoms with Crippen LogP contribution in [0.15, 0.2) is 42.0 Å². The van der Waals surface area contributed by atoms with Crippen LogP contribution in [0.1, 0.15) is 26.2 Å². The molecule has 5 heteroatoms. The third-order valence-corrected chi connectivity index (χ3v) is 4.47. The molecule has 0 aromatic heterocycles. The standard InChI is InChI=1S/C18H23N3O2/c1-14-7-5-11-20(13-14)17(22)16-10-6-12-21(16)18(23)19-15-8-3-2-4-9-15/h2-4,7-9,16H,5-6,10-13H2,1H3,(H,19,23). The Balaban J connectivity index is 1.66. The summed E-state index contributed by atoms with van der Waals surface area (Å²) in [5, 5.41) is 2.89. The van der Waals surface area contributed by atoms with E-state index in [0.29, 0.717) is 13.1 Å². The Kier molecular flexibility index (Phi) is 4.65. The van der Waals surface area contributed by atoms with E-state index in [9.17, 15) is 9.59 Å². The van der Waals surface area contributed by atoms with Gasteiger partial charge in [-0.05, 0) is 38.3 Å². The molecule has 5 nitrogen and oxygen atoms in total. The van der Waals surface area contributed by atoms with Crippen LogP contribution in [0.4, 0.5) is 10.5 Å². The molecule has 1 aromatic rings. The summed E-state index contributed by atoms with van der Waals surface area (Å²) in [6.45, 7) is 4.12. The number of carbonyl (C=O) groups excluding carboxylic acids is 2. The molecule has 3 rings (SSSR count). The summed E-state index contributed by atoms with van der Waals surface area (Å²) in [5.41, 5.74) is 1.98. The molecule has 1 aromatic carbocycles. The van der Waals surface area contributed by atoms with Gasteiger partial charge in [-0.25, -0.2) is 4.79 Å². The lowest BCUT2D eigenvalue weighted by Crippen LogP contribution is -2.50. The lowest BCUT2D eigenvalue weighted by atomic mass is 10.1. The van der Waals surface area contributed by atoms with E-state index < -0.39 is 0 Å². The number of nitrogens with zero attached hydrogens (tertiary/aromatic N) is 2. The summed E-state index contributed by atoms with van der Waals surface area (Å²) in [6, 6.07) is 8.86. The largest absolute Gasteiger partial charge is 0.337 e. The number of carbonyl (C=O) groups is 2. The van der Waals surface area contributed by atoms with Crippen LogP contribution in [0.5, 0.6) is 0 Å². The van der Waals surface area contributed by atoms with E-state index in [-0.39, 0.29) is 18.0 Å². The van der Waals surface area contributed by atoms with Gasteiger partial charge >= 0.3 is 6.03 Å². The van der Waals surface area contributed by atoms with Gasteiger partial charge in [-0.3, -0.25) is 4.79 Å². The van der Waals surface area contributed by atoms with Crippen molar-refractivity contribution in [3.8, 4) is 0 Å². The van der Waals surface area contributed by atoms with Crippen molar-refractivity contribution in [1.82, 2.24) is 9.80 Å². The highest BCUT2D eigenvalue weighted by Gasteiger charge is 2.36. The van der Waals surface area contributed by atoms with E-state index in [4.69, 9.17) is 0 Å². The van der Waals surface area contributed by atoms with Crippen molar-refractivity contribution in [2.75, 3.05) is 25.0 Å². The number of rotatable bonds is 2. The summed E-state index contributed by atoms with van der Waals surface area (Å²) in [5.74, 6) is 0.0816. The first-order valence-corrected chi connectivity index (χ1v) is 8.22. The molecule has 1 unspecified atom stereocenters. The van der Waals surface area contributed by atoms with Gasteiger partial charge in [0.05, 0.1) is 0 Å². The molecule has 122 valence electrons. The van der Waals surface area contributed by atoms with Crippen molar-refractivity contribution in [3.63, 3.8) is 0 Å². The van der Waals surface area contributed by atoms with Crippen LogP contribution in [0.3, 0.4) is 0 Å². The van der Waals surface area contributed by atoms with Crippen LogP contribution in [-0.4, -0.2) is 47.4 Å². The zero-order chi connectivity index (χ0) is 16.2. The van der Waals surface area contributed by atoms with Crippen molar-refractivity contribution in [1.29, 1.82) is 0 Å². The maximum Gasteiger partial charge on any atom is 0.322 e. The molecule has 3 amide bonds. The van der Waals surface area contributed by atoms with Crippen LogP contribution in [0.2, 0.25) is 0 Å². The number of nitrogens with one attached hydrogen (secondary N) is 1. The smallest absolute Gasteiger partial charge is 0.322 e. The van der Waals surface area contributed by atoms with Gasteiger partial charge in [0.1, 0.15) is 6.04 Å². The van der Waals surface area contributed by atoms with Gasteiger partial charge in [-0.1, -0.05) is 29.8 Å². The van der Waals surface area contributed by atoms with E-state index in [1.165, 1.54) is 5.57 Å². The number of anilines is 1. The Morgan fingerprint density at radius 2 is 1.96 bits per heavy atom. The maximum atomic E-state index is 12.8. The molecule has 0 bridgehead atoms. The fourth-order valence-corrected chi connectivity index (χ4v) is 3.29. The number of benzene rings is 1.